The van der Waals surface area contributed by atoms with Gasteiger partial charge in [-0.05, 0) is 60.9 Å². The maximum Gasteiger partial charge on any atom is 0.271 e. The number of fused-ring (bicyclic) bond motifs is 2. The Morgan fingerprint density at radius 2 is 1.97 bits per heavy atom. The van der Waals surface area contributed by atoms with Crippen LogP contribution in [0.25, 0.3) is 20.7 Å². The van der Waals surface area contributed by atoms with E-state index in [-0.39, 0.29) is 24.1 Å². The molecule has 1 aliphatic heterocycles. The van der Waals surface area contributed by atoms with Gasteiger partial charge in [-0.3, -0.25) is 14.2 Å². The number of carbonyl (C=O) groups excluding carboxylic acids is 1. The Hall–Kier alpha value is -3.45. The van der Waals surface area contributed by atoms with E-state index in [1.807, 2.05) is 61.5 Å². The summed E-state index contributed by atoms with van der Waals surface area (Å²) in [4.78, 5) is 33.4. The van der Waals surface area contributed by atoms with Crippen LogP contribution in [0, 0.1) is 0 Å². The first-order chi connectivity index (χ1) is 15.0. The Labute approximate surface area is 183 Å². The minimum Gasteiger partial charge on any atom is -0.497 e. The van der Waals surface area contributed by atoms with Gasteiger partial charge in [0.1, 0.15) is 17.0 Å². The van der Waals surface area contributed by atoms with E-state index in [4.69, 9.17) is 4.74 Å². The Balaban J connectivity index is 1.45. The van der Waals surface area contributed by atoms with Crippen LogP contribution >= 0.6 is 11.3 Å². The minimum atomic E-state index is -0.191. The molecule has 0 N–H and O–H groups in total. The topological polar surface area (TPSA) is 64.4 Å². The van der Waals surface area contributed by atoms with Crippen LogP contribution in [0.2, 0.25) is 0 Å². The van der Waals surface area contributed by atoms with Crippen LogP contribution in [0.15, 0.2) is 65.7 Å². The van der Waals surface area contributed by atoms with Crippen LogP contribution < -0.4 is 15.2 Å². The molecule has 31 heavy (non-hydrogen) atoms. The summed E-state index contributed by atoms with van der Waals surface area (Å²) in [7, 11) is 1.63. The van der Waals surface area contributed by atoms with Crippen molar-refractivity contribution >= 4 is 33.1 Å². The van der Waals surface area contributed by atoms with Crippen molar-refractivity contribution < 1.29 is 9.53 Å². The van der Waals surface area contributed by atoms with E-state index in [9.17, 15) is 9.59 Å². The zero-order valence-corrected chi connectivity index (χ0v) is 18.1. The van der Waals surface area contributed by atoms with E-state index in [0.29, 0.717) is 10.2 Å². The van der Waals surface area contributed by atoms with E-state index in [1.165, 1.54) is 22.2 Å². The third-order valence-electron chi connectivity index (χ3n) is 5.66. The van der Waals surface area contributed by atoms with Crippen LogP contribution in [-0.4, -0.2) is 28.6 Å². The standard InChI is InChI=1S/C24H21N3O3S/c1-15-11-17-5-3-4-6-20(17)27(15)22(28)13-26-14-25-19-12-21(31-23(19)24(26)29)16-7-9-18(30-2)10-8-16/h3-10,12,14-15H,11,13H2,1-2H3/t15-/m0/s1. The molecule has 0 radical (unpaired) electrons. The summed E-state index contributed by atoms with van der Waals surface area (Å²) in [6, 6.07) is 17.6. The molecule has 0 bridgehead atoms. The lowest BCUT2D eigenvalue weighted by molar-refractivity contribution is -0.119. The first-order valence-electron chi connectivity index (χ1n) is 10.1. The molecule has 1 amide bonds. The van der Waals surface area contributed by atoms with E-state index in [1.54, 1.807) is 12.0 Å². The molecule has 3 heterocycles. The van der Waals surface area contributed by atoms with Crippen LogP contribution in [0.4, 0.5) is 5.69 Å². The Morgan fingerprint density at radius 3 is 2.74 bits per heavy atom. The Bertz CT molecular complexity index is 1340. The first-order valence-corrected chi connectivity index (χ1v) is 10.9. The lowest BCUT2D eigenvalue weighted by atomic mass is 10.1. The van der Waals surface area contributed by atoms with Crippen LogP contribution in [0.5, 0.6) is 5.75 Å². The van der Waals surface area contributed by atoms with Crippen LogP contribution in [0.1, 0.15) is 12.5 Å². The SMILES string of the molecule is COc1ccc(-c2cc3ncn(CC(=O)N4c5ccccc5C[C@@H]4C)c(=O)c3s2)cc1. The average Bonchev–Trinajstić information content (AvgIpc) is 3.36. The third-order valence-corrected chi connectivity index (χ3v) is 6.82. The highest BCUT2D eigenvalue weighted by molar-refractivity contribution is 7.22. The summed E-state index contributed by atoms with van der Waals surface area (Å²) in [6.45, 7) is 2.00. The number of carbonyl (C=O) groups is 1. The number of nitrogens with zero attached hydrogens (tertiary/aromatic N) is 3. The monoisotopic (exact) mass is 431 g/mol. The van der Waals surface area contributed by atoms with Gasteiger partial charge in [-0.25, -0.2) is 4.98 Å². The molecule has 0 saturated heterocycles. The predicted molar refractivity (Wildman–Crippen MR) is 123 cm³/mol. The lowest BCUT2D eigenvalue weighted by Gasteiger charge is -2.23. The number of amides is 1. The van der Waals surface area contributed by atoms with Gasteiger partial charge >= 0.3 is 0 Å². The summed E-state index contributed by atoms with van der Waals surface area (Å²) in [5, 5.41) is 0. The van der Waals surface area contributed by atoms with E-state index in [2.05, 4.69) is 4.98 Å². The van der Waals surface area contributed by atoms with Gasteiger partial charge in [0, 0.05) is 16.6 Å². The van der Waals surface area contributed by atoms with Crippen molar-refractivity contribution in [3.63, 3.8) is 0 Å². The molecule has 0 spiro atoms. The molecule has 6 nitrogen and oxygen atoms in total. The maximum absolute atomic E-state index is 13.1. The summed E-state index contributed by atoms with van der Waals surface area (Å²) in [6.07, 6.45) is 2.30. The number of hydrogen-bond donors (Lipinski definition) is 0. The van der Waals surface area contributed by atoms with Crippen molar-refractivity contribution in [3.05, 3.63) is 76.8 Å². The van der Waals surface area contributed by atoms with Gasteiger partial charge in [-0.2, -0.15) is 0 Å². The van der Waals surface area contributed by atoms with Crippen LogP contribution in [-0.2, 0) is 17.8 Å². The van der Waals surface area contributed by atoms with E-state index >= 15 is 0 Å². The second-order valence-corrected chi connectivity index (χ2v) is 8.73. The molecule has 0 aliphatic carbocycles. The van der Waals surface area contributed by atoms with Crippen molar-refractivity contribution in [2.45, 2.75) is 25.9 Å². The molecular weight excluding hydrogens is 410 g/mol. The number of rotatable bonds is 4. The van der Waals surface area contributed by atoms with Gasteiger partial charge in [0.15, 0.2) is 0 Å². The van der Waals surface area contributed by atoms with Crippen LogP contribution in [0.3, 0.4) is 0 Å². The zero-order chi connectivity index (χ0) is 21.5. The number of para-hydroxylation sites is 1. The van der Waals surface area contributed by atoms with Crippen molar-refractivity contribution in [1.82, 2.24) is 9.55 Å². The molecule has 0 saturated carbocycles. The first kappa shape index (κ1) is 19.5. The Morgan fingerprint density at radius 1 is 1.19 bits per heavy atom. The number of aromatic nitrogens is 2. The van der Waals surface area contributed by atoms with Gasteiger partial charge in [0.25, 0.3) is 5.56 Å². The lowest BCUT2D eigenvalue weighted by Crippen LogP contribution is -2.39. The minimum absolute atomic E-state index is 0.0315. The largest absolute Gasteiger partial charge is 0.497 e. The molecule has 0 unspecified atom stereocenters. The molecule has 2 aromatic heterocycles. The second-order valence-electron chi connectivity index (χ2n) is 7.68. The molecule has 1 atom stereocenters. The number of ether oxygens (including phenoxy) is 1. The smallest absolute Gasteiger partial charge is 0.271 e. The van der Waals surface area contributed by atoms with Crippen molar-refractivity contribution in [2.75, 3.05) is 12.0 Å². The quantitative estimate of drug-likeness (QED) is 0.488. The fourth-order valence-electron chi connectivity index (χ4n) is 4.12. The van der Waals surface area contributed by atoms with Gasteiger partial charge in [0.2, 0.25) is 5.91 Å². The van der Waals surface area contributed by atoms with E-state index in [0.717, 1.165) is 33.9 Å². The van der Waals surface area contributed by atoms with Gasteiger partial charge in [0.05, 0.1) is 19.0 Å². The molecular formula is C24H21N3O3S. The molecule has 0 fully saturated rings. The number of hydrogen-bond acceptors (Lipinski definition) is 5. The average molecular weight is 432 g/mol. The van der Waals surface area contributed by atoms with E-state index < -0.39 is 0 Å². The highest BCUT2D eigenvalue weighted by Gasteiger charge is 2.30. The molecule has 5 rings (SSSR count). The van der Waals surface area contributed by atoms with Gasteiger partial charge < -0.3 is 9.64 Å². The summed E-state index contributed by atoms with van der Waals surface area (Å²) in [5.74, 6) is 0.675. The second kappa shape index (κ2) is 7.67. The fourth-order valence-corrected chi connectivity index (χ4v) is 5.19. The number of benzene rings is 2. The van der Waals surface area contributed by atoms with Gasteiger partial charge in [-0.15, -0.1) is 11.3 Å². The highest BCUT2D eigenvalue weighted by Crippen LogP contribution is 2.33. The summed E-state index contributed by atoms with van der Waals surface area (Å²) < 4.78 is 7.17. The van der Waals surface area contributed by atoms with Crippen molar-refractivity contribution in [2.24, 2.45) is 0 Å². The van der Waals surface area contributed by atoms with Crippen molar-refractivity contribution in [1.29, 1.82) is 0 Å². The third kappa shape index (κ3) is 3.41. The van der Waals surface area contributed by atoms with Gasteiger partial charge in [-0.1, -0.05) is 18.2 Å². The normalized spacial score (nSPS) is 15.3. The molecule has 4 aromatic rings. The highest BCUT2D eigenvalue weighted by atomic mass is 32.1. The predicted octanol–water partition coefficient (Wildman–Crippen LogP) is 4.11. The molecule has 1 aliphatic rings. The molecule has 156 valence electrons. The number of anilines is 1. The fraction of sp³-hybridized carbons (Fsp3) is 0.208. The number of thiophene rings is 1. The Kier molecular flexibility index (Phi) is 4.82. The van der Waals surface area contributed by atoms with Crippen molar-refractivity contribution in [3.8, 4) is 16.2 Å². The maximum atomic E-state index is 13.1. The zero-order valence-electron chi connectivity index (χ0n) is 17.2. The summed E-state index contributed by atoms with van der Waals surface area (Å²) in [5.41, 5.74) is 3.53. The molecule has 7 heteroatoms. The molecule has 2 aromatic carbocycles. The summed E-state index contributed by atoms with van der Waals surface area (Å²) >= 11 is 1.39. The number of methoxy groups -OCH3 is 1.